The van der Waals surface area contributed by atoms with Crippen LogP contribution in [0, 0.1) is 11.6 Å². The van der Waals surface area contributed by atoms with Crippen molar-refractivity contribution < 1.29 is 18.3 Å². The molecule has 0 atom stereocenters. The minimum Gasteiger partial charge on any atom is -0.438 e. The molecule has 164 valence electrons. The number of nitrogens with zero attached hydrogens (tertiary/aromatic N) is 4. The lowest BCUT2D eigenvalue weighted by Gasteiger charge is -2.30. The van der Waals surface area contributed by atoms with Gasteiger partial charge in [-0.1, -0.05) is 6.07 Å². The van der Waals surface area contributed by atoms with Gasteiger partial charge in [-0.2, -0.15) is 4.98 Å². The molecule has 3 aromatic rings. The van der Waals surface area contributed by atoms with Crippen molar-refractivity contribution in [2.45, 2.75) is 25.8 Å². The van der Waals surface area contributed by atoms with Crippen molar-refractivity contribution in [2.75, 3.05) is 24.5 Å². The summed E-state index contributed by atoms with van der Waals surface area (Å²) in [4.78, 5) is 26.2. The second kappa shape index (κ2) is 8.53. The molecule has 1 saturated heterocycles. The highest BCUT2D eigenvalue weighted by Crippen LogP contribution is 2.32. The van der Waals surface area contributed by atoms with Crippen LogP contribution in [0.2, 0.25) is 0 Å². The monoisotopic (exact) mass is 436 g/mol. The number of amides is 1. The third-order valence-corrected chi connectivity index (χ3v) is 5.79. The Labute approximate surface area is 184 Å². The van der Waals surface area contributed by atoms with Crippen LogP contribution in [0.4, 0.5) is 14.7 Å². The van der Waals surface area contributed by atoms with Crippen molar-refractivity contribution in [3.63, 3.8) is 0 Å². The van der Waals surface area contributed by atoms with Crippen LogP contribution in [0.25, 0.3) is 0 Å². The third kappa shape index (κ3) is 4.12. The summed E-state index contributed by atoms with van der Waals surface area (Å²) in [6, 6.07) is 11.4. The van der Waals surface area contributed by atoms with E-state index in [1.807, 2.05) is 0 Å². The molecule has 0 radical (unpaired) electrons. The number of ether oxygens (including phenoxy) is 1. The maximum absolute atomic E-state index is 13.6. The zero-order valence-electron chi connectivity index (χ0n) is 17.4. The minimum atomic E-state index is -0.452. The summed E-state index contributed by atoms with van der Waals surface area (Å²) in [6.45, 7) is 2.49. The molecular formula is C24H22F2N4O2. The Kier molecular flexibility index (Phi) is 5.43. The molecular weight excluding hydrogens is 414 g/mol. The van der Waals surface area contributed by atoms with Gasteiger partial charge in [-0.15, -0.1) is 0 Å². The number of rotatable bonds is 4. The zero-order chi connectivity index (χ0) is 22.1. The van der Waals surface area contributed by atoms with E-state index in [0.29, 0.717) is 41.7 Å². The Morgan fingerprint density at radius 3 is 2.47 bits per heavy atom. The Balaban J connectivity index is 1.48. The minimum absolute atomic E-state index is 0.251. The molecule has 2 aromatic carbocycles. The summed E-state index contributed by atoms with van der Waals surface area (Å²) in [7, 11) is 0. The molecule has 6 nitrogen and oxygen atoms in total. The summed E-state index contributed by atoms with van der Waals surface area (Å²) in [5.74, 6) is 0.363. The fourth-order valence-electron chi connectivity index (χ4n) is 4.11. The molecule has 2 aliphatic rings. The molecule has 0 aliphatic carbocycles. The first kappa shape index (κ1) is 20.4. The first-order valence-corrected chi connectivity index (χ1v) is 10.7. The zero-order valence-corrected chi connectivity index (χ0v) is 17.4. The van der Waals surface area contributed by atoms with E-state index < -0.39 is 5.82 Å². The average Bonchev–Trinajstić information content (AvgIpc) is 3.35. The fraction of sp³-hybridized carbons (Fsp3) is 0.292. The second-order valence-corrected chi connectivity index (χ2v) is 7.99. The molecule has 0 spiro atoms. The molecule has 3 heterocycles. The SMILES string of the molecule is O=C(c1cccc(F)c1)N1CCc2nc(N3CCCC3)nc(Oc3ccc(F)cc3)c2C1. The maximum atomic E-state index is 13.6. The van der Waals surface area contributed by atoms with E-state index in [4.69, 9.17) is 9.72 Å². The lowest BCUT2D eigenvalue weighted by atomic mass is 10.1. The number of aromatic nitrogens is 2. The number of anilines is 1. The Morgan fingerprint density at radius 1 is 0.938 bits per heavy atom. The average molecular weight is 436 g/mol. The standard InChI is InChI=1S/C24H22F2N4O2/c25-17-6-8-19(9-7-17)32-22-20-15-30(23(31)16-4-3-5-18(26)14-16)13-10-21(20)27-24(28-22)29-11-1-2-12-29/h3-9,14H,1-2,10-13,15H2. The van der Waals surface area contributed by atoms with Crippen LogP contribution in [0.3, 0.4) is 0 Å². The highest BCUT2D eigenvalue weighted by Gasteiger charge is 2.29. The lowest BCUT2D eigenvalue weighted by molar-refractivity contribution is 0.0731. The van der Waals surface area contributed by atoms with Crippen molar-refractivity contribution in [1.82, 2.24) is 14.9 Å². The van der Waals surface area contributed by atoms with Crippen molar-refractivity contribution in [1.29, 1.82) is 0 Å². The van der Waals surface area contributed by atoms with Crippen molar-refractivity contribution in [2.24, 2.45) is 0 Å². The van der Waals surface area contributed by atoms with Crippen molar-refractivity contribution >= 4 is 11.9 Å². The first-order chi connectivity index (χ1) is 15.6. The van der Waals surface area contributed by atoms with Gasteiger partial charge in [0.1, 0.15) is 17.4 Å². The van der Waals surface area contributed by atoms with Crippen LogP contribution >= 0.6 is 0 Å². The van der Waals surface area contributed by atoms with Crippen LogP contribution in [0.1, 0.15) is 34.5 Å². The van der Waals surface area contributed by atoms with E-state index in [-0.39, 0.29) is 18.3 Å². The van der Waals surface area contributed by atoms with E-state index in [9.17, 15) is 13.6 Å². The molecule has 0 N–H and O–H groups in total. The molecule has 1 fully saturated rings. The predicted octanol–water partition coefficient (Wildman–Crippen LogP) is 4.35. The number of benzene rings is 2. The molecule has 0 bridgehead atoms. The van der Waals surface area contributed by atoms with E-state index in [0.717, 1.165) is 31.6 Å². The number of halogens is 2. The number of fused-ring (bicyclic) bond motifs is 1. The largest absolute Gasteiger partial charge is 0.438 e. The first-order valence-electron chi connectivity index (χ1n) is 10.7. The smallest absolute Gasteiger partial charge is 0.254 e. The number of carbonyl (C=O) groups excluding carboxylic acids is 1. The van der Waals surface area contributed by atoms with Gasteiger partial charge in [-0.25, -0.2) is 13.8 Å². The van der Waals surface area contributed by atoms with E-state index in [2.05, 4.69) is 9.88 Å². The van der Waals surface area contributed by atoms with Gasteiger partial charge in [-0.05, 0) is 55.3 Å². The van der Waals surface area contributed by atoms with Gasteiger partial charge in [0.2, 0.25) is 11.8 Å². The van der Waals surface area contributed by atoms with Gasteiger partial charge >= 0.3 is 0 Å². The fourth-order valence-corrected chi connectivity index (χ4v) is 4.11. The molecule has 0 saturated carbocycles. The molecule has 0 unspecified atom stereocenters. The molecule has 8 heteroatoms. The Bertz CT molecular complexity index is 1150. The van der Waals surface area contributed by atoms with E-state index in [1.165, 1.54) is 42.5 Å². The van der Waals surface area contributed by atoms with Gasteiger partial charge in [0.05, 0.1) is 17.8 Å². The van der Waals surface area contributed by atoms with E-state index in [1.54, 1.807) is 11.0 Å². The Morgan fingerprint density at radius 2 is 1.72 bits per heavy atom. The second-order valence-electron chi connectivity index (χ2n) is 7.99. The van der Waals surface area contributed by atoms with Crippen molar-refractivity contribution in [3.8, 4) is 11.6 Å². The highest BCUT2D eigenvalue weighted by atomic mass is 19.1. The number of hydrogen-bond acceptors (Lipinski definition) is 5. The van der Waals surface area contributed by atoms with Crippen LogP contribution in [0.5, 0.6) is 11.6 Å². The Hall–Kier alpha value is -3.55. The molecule has 32 heavy (non-hydrogen) atoms. The third-order valence-electron chi connectivity index (χ3n) is 5.79. The summed E-state index contributed by atoms with van der Waals surface area (Å²) in [5.41, 5.74) is 1.85. The number of hydrogen-bond donors (Lipinski definition) is 0. The quantitative estimate of drug-likeness (QED) is 0.609. The van der Waals surface area contributed by atoms with Crippen LogP contribution < -0.4 is 9.64 Å². The summed E-state index contributed by atoms with van der Waals surface area (Å²) in [6.07, 6.45) is 2.72. The topological polar surface area (TPSA) is 58.6 Å². The summed E-state index contributed by atoms with van der Waals surface area (Å²) >= 11 is 0. The summed E-state index contributed by atoms with van der Waals surface area (Å²) < 4.78 is 33.0. The van der Waals surface area contributed by atoms with Crippen LogP contribution in [-0.4, -0.2) is 40.4 Å². The molecule has 1 aromatic heterocycles. The van der Waals surface area contributed by atoms with E-state index >= 15 is 0 Å². The normalized spacial score (nSPS) is 15.6. The number of carbonyl (C=O) groups is 1. The van der Waals surface area contributed by atoms with Gasteiger partial charge in [-0.3, -0.25) is 4.79 Å². The highest BCUT2D eigenvalue weighted by molar-refractivity contribution is 5.94. The predicted molar refractivity (Wildman–Crippen MR) is 115 cm³/mol. The van der Waals surface area contributed by atoms with Gasteiger partial charge in [0.15, 0.2) is 0 Å². The van der Waals surface area contributed by atoms with Crippen LogP contribution in [-0.2, 0) is 13.0 Å². The van der Waals surface area contributed by atoms with Crippen LogP contribution in [0.15, 0.2) is 48.5 Å². The van der Waals surface area contributed by atoms with Crippen molar-refractivity contribution in [3.05, 3.63) is 77.0 Å². The van der Waals surface area contributed by atoms with Gasteiger partial charge in [0, 0.05) is 31.6 Å². The van der Waals surface area contributed by atoms with Gasteiger partial charge < -0.3 is 14.5 Å². The summed E-state index contributed by atoms with van der Waals surface area (Å²) in [5, 5.41) is 0. The van der Waals surface area contributed by atoms with Gasteiger partial charge in [0.25, 0.3) is 5.91 Å². The molecule has 5 rings (SSSR count). The molecule has 1 amide bonds. The lowest BCUT2D eigenvalue weighted by Crippen LogP contribution is -2.37. The molecule has 2 aliphatic heterocycles. The maximum Gasteiger partial charge on any atom is 0.254 e.